The summed E-state index contributed by atoms with van der Waals surface area (Å²) in [6.45, 7) is 3.90. The van der Waals surface area contributed by atoms with Crippen LogP contribution in [0.15, 0.2) is 21.5 Å². The van der Waals surface area contributed by atoms with Crippen molar-refractivity contribution in [1.29, 1.82) is 0 Å². The largest absolute Gasteiger partial charge is 0.399 e. The molecule has 120 valence electrons. The summed E-state index contributed by atoms with van der Waals surface area (Å²) in [6.07, 6.45) is 5.00. The first kappa shape index (κ1) is 18.4. The van der Waals surface area contributed by atoms with E-state index in [1.807, 2.05) is 0 Å². The van der Waals surface area contributed by atoms with Gasteiger partial charge in [0.1, 0.15) is 4.90 Å². The van der Waals surface area contributed by atoms with Crippen molar-refractivity contribution in [3.63, 3.8) is 0 Å². The van der Waals surface area contributed by atoms with Gasteiger partial charge in [-0.15, -0.1) is 0 Å². The molecule has 0 aromatic heterocycles. The zero-order valence-electron chi connectivity index (χ0n) is 12.3. The molecule has 0 spiro atoms. The lowest BCUT2D eigenvalue weighted by Crippen LogP contribution is -2.33. The maximum absolute atomic E-state index is 14.0. The molecule has 0 aliphatic carbocycles. The highest BCUT2D eigenvalue weighted by Gasteiger charge is 2.23. The Balaban J connectivity index is 2.78. The van der Waals surface area contributed by atoms with Gasteiger partial charge in [0.2, 0.25) is 10.0 Å². The summed E-state index contributed by atoms with van der Waals surface area (Å²) in [5.41, 5.74) is 5.77. The number of nitrogen functional groups attached to an aromatic ring is 1. The number of anilines is 1. The number of hydrogen-bond donors (Lipinski definition) is 2. The van der Waals surface area contributed by atoms with E-state index in [9.17, 15) is 12.8 Å². The Labute approximate surface area is 134 Å². The highest BCUT2D eigenvalue weighted by molar-refractivity contribution is 9.10. The van der Waals surface area contributed by atoms with Crippen LogP contribution in [0.4, 0.5) is 10.1 Å². The lowest BCUT2D eigenvalue weighted by atomic mass is 10.1. The first-order valence-electron chi connectivity index (χ1n) is 7.04. The average molecular weight is 381 g/mol. The second kappa shape index (κ2) is 8.10. The van der Waals surface area contributed by atoms with E-state index in [2.05, 4.69) is 27.6 Å². The van der Waals surface area contributed by atoms with E-state index in [0.29, 0.717) is 0 Å². The molecular formula is C14H22BrFN2O2S. The van der Waals surface area contributed by atoms with E-state index in [1.54, 1.807) is 6.92 Å². The van der Waals surface area contributed by atoms with Crippen molar-refractivity contribution < 1.29 is 12.8 Å². The molecule has 1 aromatic rings. The van der Waals surface area contributed by atoms with E-state index >= 15 is 0 Å². The number of sulfonamides is 1. The number of nitrogens with two attached hydrogens (primary N) is 1. The zero-order valence-corrected chi connectivity index (χ0v) is 14.7. The number of benzene rings is 1. The summed E-state index contributed by atoms with van der Waals surface area (Å²) in [5.74, 6) is -0.824. The topological polar surface area (TPSA) is 72.2 Å². The molecule has 1 aromatic carbocycles. The highest BCUT2D eigenvalue weighted by Crippen LogP contribution is 2.26. The molecule has 1 rings (SSSR count). The van der Waals surface area contributed by atoms with Gasteiger partial charge < -0.3 is 5.73 Å². The minimum atomic E-state index is -3.91. The first-order valence-corrected chi connectivity index (χ1v) is 9.32. The molecule has 3 N–H and O–H groups in total. The van der Waals surface area contributed by atoms with Gasteiger partial charge in [-0.05, 0) is 41.4 Å². The van der Waals surface area contributed by atoms with Gasteiger partial charge in [-0.25, -0.2) is 17.5 Å². The third-order valence-corrected chi connectivity index (χ3v) is 5.32. The van der Waals surface area contributed by atoms with Crippen LogP contribution in [0.5, 0.6) is 0 Å². The minimum absolute atomic E-state index is 0.0403. The summed E-state index contributed by atoms with van der Waals surface area (Å²) < 4.78 is 41.0. The fourth-order valence-corrected chi connectivity index (χ4v) is 4.06. The van der Waals surface area contributed by atoms with Gasteiger partial charge >= 0.3 is 0 Å². The molecule has 0 saturated heterocycles. The molecule has 0 fully saturated rings. The molecule has 0 bridgehead atoms. The Morgan fingerprint density at radius 2 is 2.00 bits per heavy atom. The Kier molecular flexibility index (Phi) is 7.09. The Morgan fingerprint density at radius 1 is 1.33 bits per heavy atom. The molecule has 4 nitrogen and oxygen atoms in total. The zero-order chi connectivity index (χ0) is 16.0. The Bertz CT molecular complexity index is 579. The van der Waals surface area contributed by atoms with E-state index < -0.39 is 20.7 Å². The highest BCUT2D eigenvalue weighted by atomic mass is 79.9. The van der Waals surface area contributed by atoms with Crippen LogP contribution >= 0.6 is 15.9 Å². The van der Waals surface area contributed by atoms with Crippen LogP contribution in [0, 0.1) is 5.82 Å². The van der Waals surface area contributed by atoms with E-state index in [4.69, 9.17) is 5.73 Å². The summed E-state index contributed by atoms with van der Waals surface area (Å²) >= 11 is 2.97. The Morgan fingerprint density at radius 3 is 2.62 bits per heavy atom. The molecule has 1 atom stereocenters. The summed E-state index contributed by atoms with van der Waals surface area (Å²) in [7, 11) is -3.91. The summed E-state index contributed by atoms with van der Waals surface area (Å²) in [5, 5.41) is 0. The van der Waals surface area contributed by atoms with Gasteiger partial charge in [-0.3, -0.25) is 0 Å². The molecule has 0 radical (unpaired) electrons. The fraction of sp³-hybridized carbons (Fsp3) is 0.571. The quantitative estimate of drug-likeness (QED) is 0.531. The van der Waals surface area contributed by atoms with Gasteiger partial charge in [0.25, 0.3) is 0 Å². The molecule has 0 heterocycles. The van der Waals surface area contributed by atoms with Crippen molar-refractivity contribution in [1.82, 2.24) is 4.72 Å². The summed E-state index contributed by atoms with van der Waals surface area (Å²) in [4.78, 5) is -0.421. The van der Waals surface area contributed by atoms with Crippen molar-refractivity contribution >= 4 is 31.6 Å². The van der Waals surface area contributed by atoms with Gasteiger partial charge in [0.15, 0.2) is 5.82 Å². The number of halogens is 2. The molecular weight excluding hydrogens is 359 g/mol. The number of hydrogen-bond acceptors (Lipinski definition) is 3. The third-order valence-electron chi connectivity index (χ3n) is 3.15. The lowest BCUT2D eigenvalue weighted by molar-refractivity contribution is 0.514. The molecule has 1 unspecified atom stereocenters. The van der Waals surface area contributed by atoms with Crippen LogP contribution in [-0.4, -0.2) is 14.5 Å². The predicted octanol–water partition coefficient (Wildman–Crippen LogP) is 3.81. The van der Waals surface area contributed by atoms with Gasteiger partial charge in [-0.2, -0.15) is 0 Å². The number of nitrogens with one attached hydrogen (secondary N) is 1. The molecule has 21 heavy (non-hydrogen) atoms. The van der Waals surface area contributed by atoms with Gasteiger partial charge in [-0.1, -0.05) is 32.6 Å². The normalized spacial score (nSPS) is 13.3. The molecule has 0 saturated carbocycles. The standard InChI is InChI=1S/C14H22BrFN2O2S/c1-3-4-5-6-7-10(2)18-21(19,20)13-9-11(17)8-12(15)14(13)16/h8-10,18H,3-7,17H2,1-2H3. The number of rotatable bonds is 8. The molecule has 0 aliphatic heterocycles. The monoisotopic (exact) mass is 380 g/mol. The second-order valence-corrected chi connectivity index (χ2v) is 7.72. The van der Waals surface area contributed by atoms with E-state index in [0.717, 1.165) is 38.2 Å². The second-order valence-electron chi connectivity index (χ2n) is 5.19. The van der Waals surface area contributed by atoms with E-state index in [-0.39, 0.29) is 16.2 Å². The fourth-order valence-electron chi connectivity index (χ4n) is 2.04. The number of unbranched alkanes of at least 4 members (excludes halogenated alkanes) is 3. The van der Waals surface area contributed by atoms with Crippen LogP contribution in [0.2, 0.25) is 0 Å². The van der Waals surface area contributed by atoms with Crippen molar-refractivity contribution in [3.05, 3.63) is 22.4 Å². The predicted molar refractivity (Wildman–Crippen MR) is 87.1 cm³/mol. The van der Waals surface area contributed by atoms with Crippen LogP contribution in [-0.2, 0) is 10.0 Å². The van der Waals surface area contributed by atoms with Crippen molar-refractivity contribution in [3.8, 4) is 0 Å². The smallest absolute Gasteiger partial charge is 0.243 e. The third kappa shape index (κ3) is 5.56. The molecule has 0 amide bonds. The SMILES string of the molecule is CCCCCCC(C)NS(=O)(=O)c1cc(N)cc(Br)c1F. The van der Waals surface area contributed by atoms with Crippen molar-refractivity contribution in [2.75, 3.05) is 5.73 Å². The maximum Gasteiger partial charge on any atom is 0.243 e. The molecule has 7 heteroatoms. The Hall–Kier alpha value is -0.660. The van der Waals surface area contributed by atoms with Crippen molar-refractivity contribution in [2.45, 2.75) is 56.9 Å². The first-order chi connectivity index (χ1) is 9.77. The summed E-state index contributed by atoms with van der Waals surface area (Å²) in [6, 6.07) is 2.22. The average Bonchev–Trinajstić information content (AvgIpc) is 2.38. The van der Waals surface area contributed by atoms with Crippen LogP contribution in [0.25, 0.3) is 0 Å². The van der Waals surface area contributed by atoms with Crippen LogP contribution in [0.3, 0.4) is 0 Å². The van der Waals surface area contributed by atoms with E-state index in [1.165, 1.54) is 6.07 Å². The molecule has 0 aliphatic rings. The van der Waals surface area contributed by atoms with Crippen LogP contribution < -0.4 is 10.5 Å². The van der Waals surface area contributed by atoms with Gasteiger partial charge in [0.05, 0.1) is 4.47 Å². The van der Waals surface area contributed by atoms with Crippen molar-refractivity contribution in [2.24, 2.45) is 0 Å². The van der Waals surface area contributed by atoms with Crippen LogP contribution in [0.1, 0.15) is 46.0 Å². The maximum atomic E-state index is 14.0. The van der Waals surface area contributed by atoms with Gasteiger partial charge in [0, 0.05) is 11.7 Å². The minimum Gasteiger partial charge on any atom is -0.399 e. The lowest BCUT2D eigenvalue weighted by Gasteiger charge is -2.15.